The van der Waals surface area contributed by atoms with Gasteiger partial charge in [-0.2, -0.15) is 0 Å². The normalized spacial score (nSPS) is 31.6. The van der Waals surface area contributed by atoms with E-state index in [1.807, 2.05) is 0 Å². The second-order valence-electron chi connectivity index (χ2n) is 4.27. The zero-order valence-electron chi connectivity index (χ0n) is 7.18. The van der Waals surface area contributed by atoms with Crippen molar-refractivity contribution < 1.29 is 10.0 Å². The SMILES string of the molecule is O=C(NO)C1CCCC2(CC2)C1. The molecule has 2 aliphatic rings. The van der Waals surface area contributed by atoms with Crippen molar-refractivity contribution in [3.8, 4) is 0 Å². The highest BCUT2D eigenvalue weighted by molar-refractivity contribution is 5.77. The van der Waals surface area contributed by atoms with Crippen molar-refractivity contribution in [1.82, 2.24) is 5.48 Å². The molecular weight excluding hydrogens is 154 g/mol. The molecular formula is C9H15NO2. The molecule has 2 saturated carbocycles. The highest BCUT2D eigenvalue weighted by Gasteiger charge is 2.47. The fourth-order valence-corrected chi connectivity index (χ4v) is 2.40. The molecule has 68 valence electrons. The highest BCUT2D eigenvalue weighted by atomic mass is 16.5. The van der Waals surface area contributed by atoms with Crippen LogP contribution in [0.25, 0.3) is 0 Å². The molecule has 1 atom stereocenters. The summed E-state index contributed by atoms with van der Waals surface area (Å²) in [6, 6.07) is 0. The van der Waals surface area contributed by atoms with Crippen molar-refractivity contribution >= 4 is 5.91 Å². The number of carbonyl (C=O) groups excluding carboxylic acids is 1. The minimum Gasteiger partial charge on any atom is -0.289 e. The van der Waals surface area contributed by atoms with Crippen LogP contribution in [-0.4, -0.2) is 11.1 Å². The first kappa shape index (κ1) is 8.05. The van der Waals surface area contributed by atoms with Crippen LogP contribution in [0.2, 0.25) is 0 Å². The van der Waals surface area contributed by atoms with E-state index in [1.54, 1.807) is 5.48 Å². The van der Waals surface area contributed by atoms with Crippen LogP contribution in [0, 0.1) is 11.3 Å². The van der Waals surface area contributed by atoms with Crippen LogP contribution >= 0.6 is 0 Å². The number of amides is 1. The zero-order chi connectivity index (χ0) is 8.60. The molecule has 1 spiro atoms. The molecule has 0 radical (unpaired) electrons. The van der Waals surface area contributed by atoms with E-state index in [9.17, 15) is 4.79 Å². The Balaban J connectivity index is 1.94. The maximum Gasteiger partial charge on any atom is 0.246 e. The van der Waals surface area contributed by atoms with Crippen molar-refractivity contribution in [2.45, 2.75) is 38.5 Å². The van der Waals surface area contributed by atoms with Crippen LogP contribution in [0.3, 0.4) is 0 Å². The molecule has 0 aromatic rings. The third-order valence-electron chi connectivity index (χ3n) is 3.38. The maximum absolute atomic E-state index is 11.1. The van der Waals surface area contributed by atoms with Crippen LogP contribution in [0.15, 0.2) is 0 Å². The third-order valence-corrected chi connectivity index (χ3v) is 3.38. The average molecular weight is 169 g/mol. The standard InChI is InChI=1S/C9H15NO2/c11-8(10-12)7-2-1-3-9(6-7)4-5-9/h7,12H,1-6H2,(H,10,11). The minimum absolute atomic E-state index is 0.0752. The summed E-state index contributed by atoms with van der Waals surface area (Å²) in [5.41, 5.74) is 2.27. The summed E-state index contributed by atoms with van der Waals surface area (Å²) in [4.78, 5) is 11.1. The summed E-state index contributed by atoms with van der Waals surface area (Å²) < 4.78 is 0. The molecule has 0 bridgehead atoms. The quantitative estimate of drug-likeness (QED) is 0.461. The average Bonchev–Trinajstić information content (AvgIpc) is 2.84. The molecule has 1 amide bonds. The third kappa shape index (κ3) is 1.33. The van der Waals surface area contributed by atoms with Gasteiger partial charge in [-0.1, -0.05) is 6.42 Å². The Labute approximate surface area is 72.1 Å². The number of rotatable bonds is 1. The Morgan fingerprint density at radius 3 is 2.75 bits per heavy atom. The first-order valence-electron chi connectivity index (χ1n) is 4.70. The molecule has 2 fully saturated rings. The summed E-state index contributed by atoms with van der Waals surface area (Å²) >= 11 is 0. The molecule has 0 heterocycles. The van der Waals surface area contributed by atoms with Gasteiger partial charge in [0, 0.05) is 5.92 Å². The Bertz CT molecular complexity index is 199. The lowest BCUT2D eigenvalue weighted by Crippen LogP contribution is -2.32. The van der Waals surface area contributed by atoms with Gasteiger partial charge in [0.1, 0.15) is 0 Å². The molecule has 3 nitrogen and oxygen atoms in total. The molecule has 1 unspecified atom stereocenters. The van der Waals surface area contributed by atoms with Gasteiger partial charge in [0.2, 0.25) is 5.91 Å². The second kappa shape index (κ2) is 2.73. The predicted molar refractivity (Wildman–Crippen MR) is 43.6 cm³/mol. The molecule has 12 heavy (non-hydrogen) atoms. The smallest absolute Gasteiger partial charge is 0.246 e. The summed E-state index contributed by atoms with van der Waals surface area (Å²) in [6.45, 7) is 0. The number of hydrogen-bond acceptors (Lipinski definition) is 2. The molecule has 0 saturated heterocycles. The van der Waals surface area contributed by atoms with E-state index in [1.165, 1.54) is 19.3 Å². The van der Waals surface area contributed by atoms with E-state index in [4.69, 9.17) is 5.21 Å². The Morgan fingerprint density at radius 1 is 1.42 bits per heavy atom. The molecule has 2 rings (SSSR count). The van der Waals surface area contributed by atoms with E-state index in [0.29, 0.717) is 5.41 Å². The monoisotopic (exact) mass is 169 g/mol. The fraction of sp³-hybridized carbons (Fsp3) is 0.889. The van der Waals surface area contributed by atoms with Crippen LogP contribution in [0.1, 0.15) is 38.5 Å². The van der Waals surface area contributed by atoms with E-state index in [-0.39, 0.29) is 11.8 Å². The zero-order valence-corrected chi connectivity index (χ0v) is 7.18. The molecule has 2 aliphatic carbocycles. The predicted octanol–water partition coefficient (Wildman–Crippen LogP) is 1.46. The van der Waals surface area contributed by atoms with Crippen LogP contribution in [0.4, 0.5) is 0 Å². The first-order chi connectivity index (χ1) is 5.76. The molecule has 0 aliphatic heterocycles. The number of hydroxylamine groups is 1. The van der Waals surface area contributed by atoms with Gasteiger partial charge < -0.3 is 0 Å². The highest BCUT2D eigenvalue weighted by Crippen LogP contribution is 2.57. The van der Waals surface area contributed by atoms with Gasteiger partial charge in [-0.15, -0.1) is 0 Å². The van der Waals surface area contributed by atoms with Gasteiger partial charge in [-0.3, -0.25) is 10.0 Å². The molecule has 2 N–H and O–H groups in total. The van der Waals surface area contributed by atoms with Crippen LogP contribution in [-0.2, 0) is 4.79 Å². The Kier molecular flexibility index (Phi) is 1.83. The summed E-state index contributed by atoms with van der Waals surface area (Å²) in [5, 5.41) is 8.48. The Morgan fingerprint density at radius 2 is 2.17 bits per heavy atom. The minimum atomic E-state index is -0.180. The van der Waals surface area contributed by atoms with E-state index in [2.05, 4.69) is 0 Å². The van der Waals surface area contributed by atoms with Gasteiger partial charge in [-0.25, -0.2) is 5.48 Å². The molecule has 0 aromatic heterocycles. The summed E-state index contributed by atoms with van der Waals surface area (Å²) in [5.74, 6) is -0.104. The van der Waals surface area contributed by atoms with Crippen molar-refractivity contribution in [3.05, 3.63) is 0 Å². The largest absolute Gasteiger partial charge is 0.289 e. The lowest BCUT2D eigenvalue weighted by Gasteiger charge is -2.27. The van der Waals surface area contributed by atoms with Crippen LogP contribution < -0.4 is 5.48 Å². The molecule has 3 heteroatoms. The lowest BCUT2D eigenvalue weighted by molar-refractivity contribution is -0.135. The van der Waals surface area contributed by atoms with Crippen LogP contribution in [0.5, 0.6) is 0 Å². The number of nitrogens with one attached hydrogen (secondary N) is 1. The van der Waals surface area contributed by atoms with Crippen molar-refractivity contribution in [3.63, 3.8) is 0 Å². The van der Waals surface area contributed by atoms with Crippen molar-refractivity contribution in [2.24, 2.45) is 11.3 Å². The van der Waals surface area contributed by atoms with E-state index < -0.39 is 0 Å². The fourth-order valence-electron chi connectivity index (χ4n) is 2.40. The molecule has 0 aromatic carbocycles. The van der Waals surface area contributed by atoms with Crippen molar-refractivity contribution in [2.75, 3.05) is 0 Å². The number of carbonyl (C=O) groups is 1. The Hall–Kier alpha value is -0.570. The van der Waals surface area contributed by atoms with Gasteiger partial charge in [0.15, 0.2) is 0 Å². The van der Waals surface area contributed by atoms with Crippen molar-refractivity contribution in [1.29, 1.82) is 0 Å². The second-order valence-corrected chi connectivity index (χ2v) is 4.27. The number of hydrogen-bond donors (Lipinski definition) is 2. The van der Waals surface area contributed by atoms with Gasteiger partial charge >= 0.3 is 0 Å². The van der Waals surface area contributed by atoms with Gasteiger partial charge in [0.25, 0.3) is 0 Å². The van der Waals surface area contributed by atoms with Gasteiger partial charge in [-0.05, 0) is 37.5 Å². The topological polar surface area (TPSA) is 49.3 Å². The first-order valence-corrected chi connectivity index (χ1v) is 4.70. The lowest BCUT2D eigenvalue weighted by atomic mass is 9.79. The van der Waals surface area contributed by atoms with E-state index >= 15 is 0 Å². The summed E-state index contributed by atoms with van der Waals surface area (Å²) in [7, 11) is 0. The van der Waals surface area contributed by atoms with Gasteiger partial charge in [0.05, 0.1) is 0 Å². The maximum atomic E-state index is 11.1. The van der Waals surface area contributed by atoms with E-state index in [0.717, 1.165) is 19.3 Å². The summed E-state index contributed by atoms with van der Waals surface area (Å²) in [6.07, 6.45) is 6.98.